The molecular formula is C22H23N3O3. The van der Waals surface area contributed by atoms with Crippen molar-refractivity contribution in [2.24, 2.45) is 0 Å². The highest BCUT2D eigenvalue weighted by Gasteiger charge is 2.44. The Labute approximate surface area is 164 Å². The van der Waals surface area contributed by atoms with E-state index in [0.29, 0.717) is 5.69 Å². The van der Waals surface area contributed by atoms with Gasteiger partial charge in [0, 0.05) is 5.69 Å². The minimum atomic E-state index is -0.629. The molecule has 1 N–H and O–H groups in total. The molecule has 4 rings (SSSR count). The summed E-state index contributed by atoms with van der Waals surface area (Å²) < 4.78 is 0. The van der Waals surface area contributed by atoms with E-state index in [2.05, 4.69) is 11.4 Å². The van der Waals surface area contributed by atoms with E-state index in [1.807, 2.05) is 49.4 Å². The maximum Gasteiger partial charge on any atom is 0.332 e. The maximum absolute atomic E-state index is 12.8. The van der Waals surface area contributed by atoms with Crippen LogP contribution in [0.2, 0.25) is 0 Å². The van der Waals surface area contributed by atoms with Crippen molar-refractivity contribution >= 4 is 23.5 Å². The molecule has 2 aromatic rings. The minimum Gasteiger partial charge on any atom is -0.348 e. The molecule has 1 aliphatic carbocycles. The van der Waals surface area contributed by atoms with E-state index in [9.17, 15) is 14.4 Å². The van der Waals surface area contributed by atoms with E-state index >= 15 is 0 Å². The normalized spacial score (nSPS) is 21.2. The Morgan fingerprint density at radius 2 is 1.82 bits per heavy atom. The zero-order valence-corrected chi connectivity index (χ0v) is 16.0. The van der Waals surface area contributed by atoms with Crippen molar-refractivity contribution in [1.82, 2.24) is 10.2 Å². The summed E-state index contributed by atoms with van der Waals surface area (Å²) in [6.07, 6.45) is 1.75. The van der Waals surface area contributed by atoms with Gasteiger partial charge in [-0.25, -0.2) is 4.79 Å². The van der Waals surface area contributed by atoms with Crippen molar-refractivity contribution in [2.75, 3.05) is 11.4 Å². The molecule has 1 saturated heterocycles. The number of anilines is 1. The van der Waals surface area contributed by atoms with Gasteiger partial charge in [0.1, 0.15) is 12.6 Å². The van der Waals surface area contributed by atoms with Gasteiger partial charge in [0.25, 0.3) is 5.91 Å². The number of fused-ring (bicyclic) bond motifs is 1. The number of nitrogens with zero attached hydrogens (tertiary/aromatic N) is 2. The van der Waals surface area contributed by atoms with Crippen LogP contribution in [0.3, 0.4) is 0 Å². The summed E-state index contributed by atoms with van der Waals surface area (Å²) in [7, 11) is 0. The molecule has 6 nitrogen and oxygen atoms in total. The number of hydrogen-bond donors (Lipinski definition) is 1. The molecule has 0 aromatic heterocycles. The summed E-state index contributed by atoms with van der Waals surface area (Å²) in [6, 6.07) is 14.3. The summed E-state index contributed by atoms with van der Waals surface area (Å²) in [5, 5.41) is 2.98. The van der Waals surface area contributed by atoms with Crippen LogP contribution in [-0.4, -0.2) is 35.3 Å². The number of benzene rings is 2. The molecule has 2 aliphatic rings. The molecule has 2 aromatic carbocycles. The summed E-state index contributed by atoms with van der Waals surface area (Å²) in [5.41, 5.74) is 4.08. The first-order chi connectivity index (χ1) is 13.5. The van der Waals surface area contributed by atoms with Gasteiger partial charge in [0.2, 0.25) is 5.91 Å². The number of imide groups is 1. The molecule has 6 heteroatoms. The number of urea groups is 1. The highest BCUT2D eigenvalue weighted by atomic mass is 16.2. The van der Waals surface area contributed by atoms with Crippen molar-refractivity contribution in [3.63, 3.8) is 0 Å². The van der Waals surface area contributed by atoms with Crippen molar-refractivity contribution < 1.29 is 14.4 Å². The average Bonchev–Trinajstić information content (AvgIpc) is 3.18. The highest BCUT2D eigenvalue weighted by Crippen LogP contribution is 2.31. The maximum atomic E-state index is 12.8. The van der Waals surface area contributed by atoms with Gasteiger partial charge >= 0.3 is 6.03 Å². The van der Waals surface area contributed by atoms with E-state index < -0.39 is 12.1 Å². The van der Waals surface area contributed by atoms with Gasteiger partial charge in [0.05, 0.1) is 6.04 Å². The Kier molecular flexibility index (Phi) is 4.63. The molecule has 0 unspecified atom stereocenters. The second-order valence-corrected chi connectivity index (χ2v) is 7.45. The summed E-state index contributed by atoms with van der Waals surface area (Å²) in [6.45, 7) is 3.39. The fraction of sp³-hybridized carbons (Fsp3) is 0.318. The Bertz CT molecular complexity index is 938. The first kappa shape index (κ1) is 18.2. The van der Waals surface area contributed by atoms with E-state index in [1.54, 1.807) is 6.92 Å². The van der Waals surface area contributed by atoms with Crippen LogP contribution in [0.1, 0.15) is 36.1 Å². The summed E-state index contributed by atoms with van der Waals surface area (Å²) in [4.78, 5) is 40.5. The van der Waals surface area contributed by atoms with Gasteiger partial charge in [-0.3, -0.25) is 19.4 Å². The van der Waals surface area contributed by atoms with Crippen LogP contribution in [-0.2, 0) is 16.0 Å². The molecule has 1 fully saturated rings. The van der Waals surface area contributed by atoms with Crippen LogP contribution in [0.5, 0.6) is 0 Å². The van der Waals surface area contributed by atoms with Gasteiger partial charge in [-0.15, -0.1) is 0 Å². The first-order valence-corrected chi connectivity index (χ1v) is 9.54. The molecule has 144 valence electrons. The second kappa shape index (κ2) is 7.11. The van der Waals surface area contributed by atoms with Gasteiger partial charge in [-0.05, 0) is 49.9 Å². The Morgan fingerprint density at radius 1 is 1.11 bits per heavy atom. The summed E-state index contributed by atoms with van der Waals surface area (Å²) >= 11 is 0. The van der Waals surface area contributed by atoms with E-state index in [-0.39, 0.29) is 24.4 Å². The standard InChI is InChI=1S/C22H23N3O3/c1-14-7-10-17(11-8-14)25-15(2)21(27)24(22(25)28)13-20(26)23-19-12-9-16-5-3-4-6-18(16)19/h3-8,10-11,15,19H,9,12-13H2,1-2H3,(H,23,26)/t15-,19+/m0/s1. The van der Waals surface area contributed by atoms with Crippen LogP contribution < -0.4 is 10.2 Å². The van der Waals surface area contributed by atoms with Gasteiger partial charge in [-0.2, -0.15) is 0 Å². The third-order valence-electron chi connectivity index (χ3n) is 5.53. The lowest BCUT2D eigenvalue weighted by Gasteiger charge is -2.20. The number of carbonyl (C=O) groups is 3. The fourth-order valence-corrected chi connectivity index (χ4v) is 4.00. The number of carbonyl (C=O) groups excluding carboxylic acids is 3. The number of rotatable bonds is 4. The molecule has 1 aliphatic heterocycles. The molecule has 0 bridgehead atoms. The van der Waals surface area contributed by atoms with Crippen LogP contribution in [0, 0.1) is 6.92 Å². The van der Waals surface area contributed by atoms with E-state index in [0.717, 1.165) is 28.9 Å². The smallest absolute Gasteiger partial charge is 0.332 e. The van der Waals surface area contributed by atoms with E-state index in [4.69, 9.17) is 0 Å². The van der Waals surface area contributed by atoms with Crippen molar-refractivity contribution in [3.05, 3.63) is 65.2 Å². The Hall–Kier alpha value is -3.15. The molecule has 2 atom stereocenters. The number of amides is 4. The van der Waals surface area contributed by atoms with Crippen LogP contribution in [0.4, 0.5) is 10.5 Å². The first-order valence-electron chi connectivity index (χ1n) is 9.54. The SMILES string of the molecule is Cc1ccc(N2C(=O)N(CC(=O)N[C@@H]3CCc4ccccc43)C(=O)[C@@H]2C)cc1. The monoisotopic (exact) mass is 377 g/mol. The molecule has 0 saturated carbocycles. The van der Waals surface area contributed by atoms with E-state index in [1.165, 1.54) is 10.5 Å². The number of aryl methyl sites for hydroxylation is 2. The lowest BCUT2D eigenvalue weighted by Crippen LogP contribution is -2.42. The van der Waals surface area contributed by atoms with Gasteiger partial charge < -0.3 is 5.32 Å². The topological polar surface area (TPSA) is 69.7 Å². The molecular weight excluding hydrogens is 354 g/mol. The minimum absolute atomic E-state index is 0.0675. The largest absolute Gasteiger partial charge is 0.348 e. The molecule has 0 radical (unpaired) electrons. The summed E-state index contributed by atoms with van der Waals surface area (Å²) in [5.74, 6) is -0.672. The van der Waals surface area contributed by atoms with Crippen molar-refractivity contribution in [2.45, 2.75) is 38.8 Å². The number of nitrogens with one attached hydrogen (secondary N) is 1. The zero-order chi connectivity index (χ0) is 19.8. The Balaban J connectivity index is 1.46. The van der Waals surface area contributed by atoms with Crippen molar-refractivity contribution in [3.8, 4) is 0 Å². The lowest BCUT2D eigenvalue weighted by molar-refractivity contribution is -0.132. The molecule has 4 amide bonds. The predicted octanol–water partition coefficient (Wildman–Crippen LogP) is 2.96. The van der Waals surface area contributed by atoms with Gasteiger partial charge in [0.15, 0.2) is 0 Å². The van der Waals surface area contributed by atoms with Gasteiger partial charge in [-0.1, -0.05) is 42.0 Å². The molecule has 0 spiro atoms. The van der Waals surface area contributed by atoms with Crippen LogP contribution in [0.15, 0.2) is 48.5 Å². The van der Waals surface area contributed by atoms with Crippen LogP contribution >= 0.6 is 0 Å². The quantitative estimate of drug-likeness (QED) is 0.833. The molecule has 1 heterocycles. The lowest BCUT2D eigenvalue weighted by atomic mass is 10.1. The third kappa shape index (κ3) is 3.15. The number of hydrogen-bond acceptors (Lipinski definition) is 3. The predicted molar refractivity (Wildman–Crippen MR) is 106 cm³/mol. The third-order valence-corrected chi connectivity index (χ3v) is 5.53. The van der Waals surface area contributed by atoms with Crippen LogP contribution in [0.25, 0.3) is 0 Å². The molecule has 28 heavy (non-hydrogen) atoms. The highest BCUT2D eigenvalue weighted by molar-refractivity contribution is 6.15. The fourth-order valence-electron chi connectivity index (χ4n) is 4.00. The second-order valence-electron chi connectivity index (χ2n) is 7.45. The van der Waals surface area contributed by atoms with Crippen molar-refractivity contribution in [1.29, 1.82) is 0 Å². The average molecular weight is 377 g/mol. The zero-order valence-electron chi connectivity index (χ0n) is 16.0. The Morgan fingerprint density at radius 3 is 2.57 bits per heavy atom.